The van der Waals surface area contributed by atoms with E-state index in [4.69, 9.17) is 14.2 Å². The van der Waals surface area contributed by atoms with Crippen molar-refractivity contribution < 1.29 is 19.0 Å². The highest BCUT2D eigenvalue weighted by atomic mass is 16.5. The van der Waals surface area contributed by atoms with E-state index < -0.39 is 0 Å². The smallest absolute Gasteiger partial charge is 0.203 e. The lowest BCUT2D eigenvalue weighted by molar-refractivity contribution is -0.112. The Morgan fingerprint density at radius 2 is 1.62 bits per heavy atom. The highest BCUT2D eigenvalue weighted by Crippen LogP contribution is 2.42. The second-order valence-corrected chi connectivity index (χ2v) is 6.57. The molecule has 2 aromatic heterocycles. The Morgan fingerprint density at radius 1 is 0.931 bits per heavy atom. The van der Waals surface area contributed by atoms with Gasteiger partial charge in [-0.2, -0.15) is 0 Å². The summed E-state index contributed by atoms with van der Waals surface area (Å²) >= 11 is 0. The number of rotatable bonds is 5. The lowest BCUT2D eigenvalue weighted by atomic mass is 10.0. The minimum absolute atomic E-state index is 0.0614. The fourth-order valence-electron chi connectivity index (χ4n) is 3.45. The average Bonchev–Trinajstić information content (AvgIpc) is 3.07. The molecular formula is C23H20N2O4. The van der Waals surface area contributed by atoms with Crippen molar-refractivity contribution in [1.82, 2.24) is 9.97 Å². The van der Waals surface area contributed by atoms with E-state index in [1.807, 2.05) is 36.4 Å². The maximum Gasteiger partial charge on any atom is 0.203 e. The molecule has 0 unspecified atom stereocenters. The molecule has 6 nitrogen and oxygen atoms in total. The van der Waals surface area contributed by atoms with Gasteiger partial charge in [0.2, 0.25) is 5.75 Å². The predicted molar refractivity (Wildman–Crippen MR) is 110 cm³/mol. The van der Waals surface area contributed by atoms with Gasteiger partial charge in [-0.05, 0) is 47.5 Å². The molecule has 1 aromatic carbocycles. The Labute approximate surface area is 168 Å². The SMILES string of the molecule is COc1cc(-c2cnc3c(c2)/C(=C/c2ccncc2)C(=O)C3)cc(OC)c1OC. The minimum Gasteiger partial charge on any atom is -0.493 e. The van der Waals surface area contributed by atoms with Crippen molar-refractivity contribution in [3.05, 3.63) is 65.7 Å². The molecule has 29 heavy (non-hydrogen) atoms. The van der Waals surface area contributed by atoms with Crippen LogP contribution in [-0.4, -0.2) is 37.1 Å². The van der Waals surface area contributed by atoms with E-state index in [-0.39, 0.29) is 5.78 Å². The maximum atomic E-state index is 12.6. The number of ketones is 1. The molecule has 6 heteroatoms. The molecule has 0 N–H and O–H groups in total. The zero-order chi connectivity index (χ0) is 20.4. The van der Waals surface area contributed by atoms with Crippen LogP contribution in [0.25, 0.3) is 22.8 Å². The van der Waals surface area contributed by atoms with Gasteiger partial charge in [0.1, 0.15) is 0 Å². The number of hydrogen-bond donors (Lipinski definition) is 0. The van der Waals surface area contributed by atoms with Crippen molar-refractivity contribution in [1.29, 1.82) is 0 Å². The van der Waals surface area contributed by atoms with Crippen molar-refractivity contribution in [3.8, 4) is 28.4 Å². The minimum atomic E-state index is 0.0614. The third-order valence-corrected chi connectivity index (χ3v) is 4.90. The summed E-state index contributed by atoms with van der Waals surface area (Å²) in [5.41, 5.74) is 4.93. The molecule has 3 aromatic rings. The standard InChI is InChI=1S/C23H20N2O4/c1-27-21-10-15(11-22(28-2)23(21)29-3)16-9-17-18(8-14-4-6-24-7-5-14)20(26)12-19(17)25-13-16/h4-11,13H,12H2,1-3H3/b18-8-. The van der Waals surface area contributed by atoms with Gasteiger partial charge in [0, 0.05) is 35.3 Å². The van der Waals surface area contributed by atoms with Gasteiger partial charge in [0.25, 0.3) is 0 Å². The first-order chi connectivity index (χ1) is 14.1. The summed E-state index contributed by atoms with van der Waals surface area (Å²) in [6.07, 6.45) is 7.37. The quantitative estimate of drug-likeness (QED) is 0.619. The van der Waals surface area contributed by atoms with Crippen LogP contribution in [0.1, 0.15) is 16.8 Å². The molecule has 4 rings (SSSR count). The lowest BCUT2D eigenvalue weighted by Crippen LogP contribution is -1.96. The molecule has 0 fully saturated rings. The number of nitrogens with zero attached hydrogens (tertiary/aromatic N) is 2. The number of carbonyl (C=O) groups is 1. The number of hydrogen-bond acceptors (Lipinski definition) is 6. The topological polar surface area (TPSA) is 70.5 Å². The van der Waals surface area contributed by atoms with Crippen LogP contribution in [0.5, 0.6) is 17.2 Å². The van der Waals surface area contributed by atoms with E-state index in [0.717, 1.165) is 27.9 Å². The van der Waals surface area contributed by atoms with Gasteiger partial charge >= 0.3 is 0 Å². The van der Waals surface area contributed by atoms with Crippen LogP contribution in [0.3, 0.4) is 0 Å². The van der Waals surface area contributed by atoms with Gasteiger partial charge in [-0.1, -0.05) is 0 Å². The van der Waals surface area contributed by atoms with Crippen LogP contribution in [-0.2, 0) is 11.2 Å². The Bertz CT molecular complexity index is 1080. The van der Waals surface area contributed by atoms with Crippen molar-refractivity contribution in [2.45, 2.75) is 6.42 Å². The normalized spacial score (nSPS) is 14.0. The Kier molecular flexibility index (Phi) is 4.99. The molecule has 0 saturated heterocycles. The number of pyridine rings is 2. The summed E-state index contributed by atoms with van der Waals surface area (Å²) in [5, 5.41) is 0. The number of Topliss-reactive ketones (excluding diaryl/α,β-unsaturated/α-hetero) is 1. The average molecular weight is 388 g/mol. The lowest BCUT2D eigenvalue weighted by Gasteiger charge is -2.14. The van der Waals surface area contributed by atoms with Gasteiger partial charge in [-0.25, -0.2) is 0 Å². The van der Waals surface area contributed by atoms with Gasteiger partial charge in [0.05, 0.1) is 33.4 Å². The van der Waals surface area contributed by atoms with Crippen molar-refractivity contribution in [2.24, 2.45) is 0 Å². The van der Waals surface area contributed by atoms with E-state index in [2.05, 4.69) is 9.97 Å². The predicted octanol–water partition coefficient (Wildman–Crippen LogP) is 3.84. The molecule has 2 heterocycles. The number of methoxy groups -OCH3 is 3. The number of ether oxygens (including phenoxy) is 3. The maximum absolute atomic E-state index is 12.6. The van der Waals surface area contributed by atoms with Crippen LogP contribution in [0.4, 0.5) is 0 Å². The summed E-state index contributed by atoms with van der Waals surface area (Å²) in [5.74, 6) is 1.71. The second kappa shape index (κ2) is 7.75. The summed E-state index contributed by atoms with van der Waals surface area (Å²) in [6, 6.07) is 9.46. The number of fused-ring (bicyclic) bond motifs is 1. The monoisotopic (exact) mass is 388 g/mol. The van der Waals surface area contributed by atoms with Gasteiger partial charge in [-0.15, -0.1) is 0 Å². The zero-order valence-corrected chi connectivity index (χ0v) is 16.4. The van der Waals surface area contributed by atoms with E-state index in [0.29, 0.717) is 29.2 Å². The summed E-state index contributed by atoms with van der Waals surface area (Å²) in [6.45, 7) is 0. The third-order valence-electron chi connectivity index (χ3n) is 4.90. The number of aromatic nitrogens is 2. The number of allylic oxidation sites excluding steroid dienone is 1. The van der Waals surface area contributed by atoms with Crippen LogP contribution < -0.4 is 14.2 Å². The van der Waals surface area contributed by atoms with Crippen molar-refractivity contribution in [3.63, 3.8) is 0 Å². The Balaban J connectivity index is 1.82. The van der Waals surface area contributed by atoms with Crippen LogP contribution >= 0.6 is 0 Å². The van der Waals surface area contributed by atoms with Crippen molar-refractivity contribution in [2.75, 3.05) is 21.3 Å². The van der Waals surface area contributed by atoms with Crippen molar-refractivity contribution >= 4 is 17.4 Å². The molecule has 0 saturated carbocycles. The molecule has 1 aliphatic carbocycles. The molecule has 0 bridgehead atoms. The Hall–Kier alpha value is -3.67. The summed E-state index contributed by atoms with van der Waals surface area (Å²) in [7, 11) is 4.73. The van der Waals surface area contributed by atoms with Gasteiger partial charge in [-0.3, -0.25) is 14.8 Å². The van der Waals surface area contributed by atoms with E-state index in [1.54, 1.807) is 39.9 Å². The molecule has 0 amide bonds. The molecule has 146 valence electrons. The first kappa shape index (κ1) is 18.7. The molecule has 1 aliphatic rings. The highest BCUT2D eigenvalue weighted by Gasteiger charge is 2.26. The highest BCUT2D eigenvalue weighted by molar-refractivity contribution is 6.29. The number of carbonyl (C=O) groups excluding carboxylic acids is 1. The third kappa shape index (κ3) is 3.45. The van der Waals surface area contributed by atoms with Crippen LogP contribution in [0, 0.1) is 0 Å². The van der Waals surface area contributed by atoms with Crippen LogP contribution in [0.2, 0.25) is 0 Å². The molecule has 0 radical (unpaired) electrons. The molecule has 0 atom stereocenters. The van der Waals surface area contributed by atoms with Gasteiger partial charge < -0.3 is 14.2 Å². The van der Waals surface area contributed by atoms with Gasteiger partial charge in [0.15, 0.2) is 17.3 Å². The summed E-state index contributed by atoms with van der Waals surface area (Å²) < 4.78 is 16.3. The van der Waals surface area contributed by atoms with E-state index in [9.17, 15) is 4.79 Å². The van der Waals surface area contributed by atoms with E-state index >= 15 is 0 Å². The number of benzene rings is 1. The first-order valence-corrected chi connectivity index (χ1v) is 9.09. The fraction of sp³-hybridized carbons (Fsp3) is 0.174. The zero-order valence-electron chi connectivity index (χ0n) is 16.4. The largest absolute Gasteiger partial charge is 0.493 e. The Morgan fingerprint density at radius 3 is 2.24 bits per heavy atom. The molecule has 0 spiro atoms. The van der Waals surface area contributed by atoms with Crippen LogP contribution in [0.15, 0.2) is 48.9 Å². The molecule has 0 aliphatic heterocycles. The second-order valence-electron chi connectivity index (χ2n) is 6.57. The fourth-order valence-corrected chi connectivity index (χ4v) is 3.45. The first-order valence-electron chi connectivity index (χ1n) is 9.09. The van der Waals surface area contributed by atoms with E-state index in [1.165, 1.54) is 0 Å². The summed E-state index contributed by atoms with van der Waals surface area (Å²) in [4.78, 5) is 21.2. The molecular weight excluding hydrogens is 368 g/mol.